The molecule has 0 atom stereocenters. The third-order valence-corrected chi connectivity index (χ3v) is 5.15. The molecule has 0 radical (unpaired) electrons. The van der Waals surface area contributed by atoms with E-state index in [1.165, 1.54) is 12.1 Å². The lowest BCUT2D eigenvalue weighted by Crippen LogP contribution is -2.38. The number of amides is 1. The summed E-state index contributed by atoms with van der Waals surface area (Å²) in [5.74, 6) is 1.50. The van der Waals surface area contributed by atoms with Crippen molar-refractivity contribution in [3.05, 3.63) is 57.0 Å². The van der Waals surface area contributed by atoms with E-state index < -0.39 is 4.92 Å². The third-order valence-electron chi connectivity index (χ3n) is 5.15. The molecular weight excluding hydrogens is 346 g/mol. The molecule has 2 aliphatic rings. The lowest BCUT2D eigenvalue weighted by Gasteiger charge is -2.31. The second kappa shape index (κ2) is 6.94. The molecule has 0 bridgehead atoms. The Balaban J connectivity index is 1.63. The molecule has 1 fully saturated rings. The summed E-state index contributed by atoms with van der Waals surface area (Å²) in [6.45, 7) is 4.83. The fourth-order valence-electron chi connectivity index (χ4n) is 3.82. The molecular formula is C19H21N5O3. The highest BCUT2D eigenvalue weighted by atomic mass is 16.6. The Labute approximate surface area is 157 Å². The van der Waals surface area contributed by atoms with Crippen molar-refractivity contribution < 1.29 is 9.72 Å². The standard InChI is InChI=1S/C19H21N5O3/c1-13-20-17-7-10-23(12-16(17)18(21-13)22-8-2-3-9-22)19(25)14-5-4-6-15(11-14)24(26)27/h4-6,11H,2-3,7-10,12H2,1H3. The minimum absolute atomic E-state index is 0.0741. The number of nitro benzene ring substituents is 1. The number of carbonyl (C=O) groups is 1. The second-order valence-corrected chi connectivity index (χ2v) is 7.00. The molecule has 1 saturated heterocycles. The van der Waals surface area contributed by atoms with E-state index in [1.807, 2.05) is 6.92 Å². The highest BCUT2D eigenvalue weighted by molar-refractivity contribution is 5.95. The van der Waals surface area contributed by atoms with Crippen molar-refractivity contribution >= 4 is 17.4 Å². The zero-order valence-electron chi connectivity index (χ0n) is 15.2. The Kier molecular flexibility index (Phi) is 4.47. The van der Waals surface area contributed by atoms with Crippen LogP contribution in [0.2, 0.25) is 0 Å². The second-order valence-electron chi connectivity index (χ2n) is 7.00. The van der Waals surface area contributed by atoms with Crippen LogP contribution in [0, 0.1) is 17.0 Å². The van der Waals surface area contributed by atoms with E-state index in [1.54, 1.807) is 17.0 Å². The molecule has 140 valence electrons. The first kappa shape index (κ1) is 17.4. The molecule has 8 nitrogen and oxygen atoms in total. The number of anilines is 1. The van der Waals surface area contributed by atoms with Crippen molar-refractivity contribution in [1.82, 2.24) is 14.9 Å². The summed E-state index contributed by atoms with van der Waals surface area (Å²) in [6, 6.07) is 5.90. The van der Waals surface area contributed by atoms with Gasteiger partial charge in [0.05, 0.1) is 17.2 Å². The number of aromatic nitrogens is 2. The van der Waals surface area contributed by atoms with Gasteiger partial charge in [0.15, 0.2) is 0 Å². The van der Waals surface area contributed by atoms with Gasteiger partial charge in [0.2, 0.25) is 0 Å². The summed E-state index contributed by atoms with van der Waals surface area (Å²) in [5.41, 5.74) is 2.28. The molecule has 0 spiro atoms. The number of nitrogens with zero attached hydrogens (tertiary/aromatic N) is 5. The van der Waals surface area contributed by atoms with E-state index in [0.717, 1.165) is 48.8 Å². The fraction of sp³-hybridized carbons (Fsp3) is 0.421. The number of fused-ring (bicyclic) bond motifs is 1. The number of non-ortho nitro benzene ring substituents is 1. The molecule has 4 rings (SSSR count). The van der Waals surface area contributed by atoms with Gasteiger partial charge in [0.25, 0.3) is 11.6 Å². The van der Waals surface area contributed by atoms with Crippen LogP contribution >= 0.6 is 0 Å². The molecule has 27 heavy (non-hydrogen) atoms. The van der Waals surface area contributed by atoms with Crippen molar-refractivity contribution in [2.75, 3.05) is 24.5 Å². The van der Waals surface area contributed by atoms with Crippen LogP contribution in [-0.4, -0.2) is 45.3 Å². The quantitative estimate of drug-likeness (QED) is 0.611. The molecule has 0 N–H and O–H groups in total. The number of benzene rings is 1. The molecule has 0 saturated carbocycles. The predicted molar refractivity (Wildman–Crippen MR) is 99.8 cm³/mol. The summed E-state index contributed by atoms with van der Waals surface area (Å²) in [4.78, 5) is 36.7. The van der Waals surface area contributed by atoms with Crippen LogP contribution in [0.1, 0.15) is 40.3 Å². The number of hydrogen-bond donors (Lipinski definition) is 0. The maximum atomic E-state index is 12.9. The van der Waals surface area contributed by atoms with Gasteiger partial charge in [-0.1, -0.05) is 6.07 Å². The van der Waals surface area contributed by atoms with E-state index in [-0.39, 0.29) is 11.6 Å². The minimum atomic E-state index is -0.482. The Morgan fingerprint density at radius 2 is 1.96 bits per heavy atom. The monoisotopic (exact) mass is 367 g/mol. The van der Waals surface area contributed by atoms with Gasteiger partial charge in [0.1, 0.15) is 11.6 Å². The van der Waals surface area contributed by atoms with E-state index in [9.17, 15) is 14.9 Å². The molecule has 2 aromatic rings. The largest absolute Gasteiger partial charge is 0.356 e. The van der Waals surface area contributed by atoms with Crippen molar-refractivity contribution in [3.8, 4) is 0 Å². The van der Waals surface area contributed by atoms with Crippen LogP contribution in [0.3, 0.4) is 0 Å². The number of rotatable bonds is 3. The average Bonchev–Trinajstić information content (AvgIpc) is 3.21. The van der Waals surface area contributed by atoms with Gasteiger partial charge >= 0.3 is 0 Å². The zero-order valence-corrected chi connectivity index (χ0v) is 15.2. The summed E-state index contributed by atoms with van der Waals surface area (Å²) in [7, 11) is 0. The Bertz CT molecular complexity index is 908. The maximum Gasteiger partial charge on any atom is 0.270 e. The minimum Gasteiger partial charge on any atom is -0.356 e. The number of nitro groups is 1. The summed E-state index contributed by atoms with van der Waals surface area (Å²) in [5, 5.41) is 11.0. The highest BCUT2D eigenvalue weighted by Crippen LogP contribution is 2.29. The third kappa shape index (κ3) is 3.34. The first-order chi connectivity index (χ1) is 13.0. The molecule has 0 aliphatic carbocycles. The van der Waals surface area contributed by atoms with E-state index in [4.69, 9.17) is 0 Å². The summed E-state index contributed by atoms with van der Waals surface area (Å²) >= 11 is 0. The Morgan fingerprint density at radius 3 is 2.70 bits per heavy atom. The number of carbonyl (C=O) groups excluding carboxylic acids is 1. The zero-order chi connectivity index (χ0) is 19.0. The van der Waals surface area contributed by atoms with Crippen molar-refractivity contribution in [3.63, 3.8) is 0 Å². The van der Waals surface area contributed by atoms with Gasteiger partial charge in [-0.05, 0) is 25.8 Å². The lowest BCUT2D eigenvalue weighted by atomic mass is 10.0. The summed E-state index contributed by atoms with van der Waals surface area (Å²) < 4.78 is 0. The van der Waals surface area contributed by atoms with Crippen LogP contribution in [0.25, 0.3) is 0 Å². The van der Waals surface area contributed by atoms with Crippen LogP contribution in [0.4, 0.5) is 11.5 Å². The smallest absolute Gasteiger partial charge is 0.270 e. The first-order valence-electron chi connectivity index (χ1n) is 9.18. The van der Waals surface area contributed by atoms with E-state index in [2.05, 4.69) is 14.9 Å². The number of aryl methyl sites for hydroxylation is 1. The van der Waals surface area contributed by atoms with Crippen LogP contribution in [0.5, 0.6) is 0 Å². The van der Waals surface area contributed by atoms with E-state index >= 15 is 0 Å². The first-order valence-corrected chi connectivity index (χ1v) is 9.18. The molecule has 1 aromatic carbocycles. The topological polar surface area (TPSA) is 92.5 Å². The molecule has 1 amide bonds. The van der Waals surface area contributed by atoms with Crippen molar-refractivity contribution in [1.29, 1.82) is 0 Å². The number of hydrogen-bond acceptors (Lipinski definition) is 6. The molecule has 0 unspecified atom stereocenters. The van der Waals surface area contributed by atoms with Crippen LogP contribution in [-0.2, 0) is 13.0 Å². The van der Waals surface area contributed by atoms with E-state index in [0.29, 0.717) is 25.1 Å². The predicted octanol–water partition coefficient (Wildman–Crippen LogP) is 2.49. The SMILES string of the molecule is Cc1nc2c(c(N3CCCC3)n1)CN(C(=O)c1cccc([N+](=O)[O-])c1)CC2. The van der Waals surface area contributed by atoms with Crippen LogP contribution < -0.4 is 4.90 Å². The normalized spacial score (nSPS) is 16.3. The highest BCUT2D eigenvalue weighted by Gasteiger charge is 2.29. The fourth-order valence-corrected chi connectivity index (χ4v) is 3.82. The lowest BCUT2D eigenvalue weighted by molar-refractivity contribution is -0.384. The average molecular weight is 367 g/mol. The molecule has 2 aliphatic heterocycles. The molecule has 3 heterocycles. The molecule has 1 aromatic heterocycles. The Hall–Kier alpha value is -3.03. The van der Waals surface area contributed by atoms with Gasteiger partial charge in [0, 0.05) is 49.3 Å². The maximum absolute atomic E-state index is 12.9. The summed E-state index contributed by atoms with van der Waals surface area (Å²) in [6.07, 6.45) is 2.96. The van der Waals surface area contributed by atoms with Crippen LogP contribution in [0.15, 0.2) is 24.3 Å². The molecule has 8 heteroatoms. The van der Waals surface area contributed by atoms with Crippen molar-refractivity contribution in [2.24, 2.45) is 0 Å². The van der Waals surface area contributed by atoms with Gasteiger partial charge in [-0.2, -0.15) is 0 Å². The van der Waals surface area contributed by atoms with Gasteiger partial charge in [-0.3, -0.25) is 14.9 Å². The van der Waals surface area contributed by atoms with Gasteiger partial charge < -0.3 is 9.80 Å². The van der Waals surface area contributed by atoms with Gasteiger partial charge in [-0.15, -0.1) is 0 Å². The van der Waals surface area contributed by atoms with Gasteiger partial charge in [-0.25, -0.2) is 9.97 Å². The van der Waals surface area contributed by atoms with Crippen molar-refractivity contribution in [2.45, 2.75) is 32.7 Å². The Morgan fingerprint density at radius 1 is 1.19 bits per heavy atom.